The summed E-state index contributed by atoms with van der Waals surface area (Å²) < 4.78 is 1.92. The van der Waals surface area contributed by atoms with Crippen molar-refractivity contribution in [2.45, 2.75) is 58.6 Å². The zero-order valence-electron chi connectivity index (χ0n) is 9.85. The summed E-state index contributed by atoms with van der Waals surface area (Å²) in [6.07, 6.45) is 4.86. The average molecular weight is 211 g/mol. The molecule has 0 aliphatic heterocycles. The molecule has 0 saturated heterocycles. The Balaban J connectivity index is 2.46. The number of hydrogen-bond acceptors (Lipinski definition) is 3. The maximum Gasteiger partial charge on any atom is 0.138 e. The van der Waals surface area contributed by atoms with Crippen LogP contribution in [0.4, 0.5) is 0 Å². The lowest BCUT2D eigenvalue weighted by atomic mass is 10.1. The first kappa shape index (κ1) is 12.2. The monoisotopic (exact) mass is 211 g/mol. The molecular weight excluding hydrogens is 190 g/mol. The molecule has 0 aliphatic rings. The summed E-state index contributed by atoms with van der Waals surface area (Å²) in [4.78, 5) is 4.21. The number of aromatic nitrogens is 3. The molecule has 0 radical (unpaired) electrons. The average Bonchev–Trinajstić information content (AvgIpc) is 2.63. The van der Waals surface area contributed by atoms with Crippen LogP contribution in [0, 0.1) is 0 Å². The Labute approximate surface area is 91.3 Å². The fourth-order valence-corrected chi connectivity index (χ4v) is 1.66. The summed E-state index contributed by atoms with van der Waals surface area (Å²) >= 11 is 0. The second-order valence-corrected chi connectivity index (χ2v) is 4.20. The minimum absolute atomic E-state index is 0.202. The summed E-state index contributed by atoms with van der Waals surface area (Å²) in [6, 6.07) is 0.339. The van der Waals surface area contributed by atoms with Crippen LogP contribution in [0.3, 0.4) is 0 Å². The molecule has 1 heterocycles. The van der Waals surface area contributed by atoms with Gasteiger partial charge in [-0.3, -0.25) is 0 Å². The second kappa shape index (κ2) is 5.85. The third kappa shape index (κ3) is 3.63. The predicted octanol–water partition coefficient (Wildman–Crippen LogP) is 1.95. The molecule has 1 aromatic rings. The van der Waals surface area contributed by atoms with E-state index in [0.717, 1.165) is 31.5 Å². The maximum atomic E-state index is 9.62. The highest BCUT2D eigenvalue weighted by molar-refractivity contribution is 4.87. The Morgan fingerprint density at radius 3 is 2.73 bits per heavy atom. The summed E-state index contributed by atoms with van der Waals surface area (Å²) in [5.74, 6) is 0.972. The smallest absolute Gasteiger partial charge is 0.138 e. The number of hydrogen-bond donors (Lipinski definition) is 1. The number of aryl methyl sites for hydroxylation is 1. The zero-order chi connectivity index (χ0) is 11.3. The predicted molar refractivity (Wildman–Crippen MR) is 59.6 cm³/mol. The molecule has 15 heavy (non-hydrogen) atoms. The van der Waals surface area contributed by atoms with E-state index in [9.17, 15) is 5.11 Å². The highest BCUT2D eigenvalue weighted by Crippen LogP contribution is 2.10. The van der Waals surface area contributed by atoms with Crippen LogP contribution >= 0.6 is 0 Å². The maximum absolute atomic E-state index is 9.62. The minimum atomic E-state index is -0.202. The first-order valence-corrected chi connectivity index (χ1v) is 5.71. The Morgan fingerprint density at radius 2 is 2.13 bits per heavy atom. The van der Waals surface area contributed by atoms with E-state index in [4.69, 9.17) is 0 Å². The highest BCUT2D eigenvalue weighted by atomic mass is 16.3. The van der Waals surface area contributed by atoms with Crippen molar-refractivity contribution in [3.05, 3.63) is 12.2 Å². The zero-order valence-corrected chi connectivity index (χ0v) is 9.85. The van der Waals surface area contributed by atoms with E-state index in [2.05, 4.69) is 30.9 Å². The molecule has 1 aromatic heterocycles. The lowest BCUT2D eigenvalue weighted by Gasteiger charge is -2.11. The third-order valence-corrected chi connectivity index (χ3v) is 2.46. The largest absolute Gasteiger partial charge is 0.393 e. The Hall–Kier alpha value is -0.900. The Bertz CT molecular complexity index is 283. The van der Waals surface area contributed by atoms with E-state index in [-0.39, 0.29) is 6.10 Å². The van der Waals surface area contributed by atoms with Gasteiger partial charge in [-0.2, -0.15) is 5.10 Å². The van der Waals surface area contributed by atoms with Crippen LogP contribution in [0.5, 0.6) is 0 Å². The van der Waals surface area contributed by atoms with E-state index in [1.807, 2.05) is 4.68 Å². The Kier molecular flexibility index (Phi) is 4.75. The van der Waals surface area contributed by atoms with E-state index >= 15 is 0 Å². The summed E-state index contributed by atoms with van der Waals surface area (Å²) in [7, 11) is 0. The van der Waals surface area contributed by atoms with Crippen LogP contribution in [0.25, 0.3) is 0 Å². The Morgan fingerprint density at radius 1 is 1.40 bits per heavy atom. The standard InChI is InChI=1S/C11H21N3O/c1-4-5-10(15)6-7-11-12-8-13-14(11)9(2)3/h8-10,15H,4-7H2,1-3H3. The number of aliphatic hydroxyl groups excluding tert-OH is 1. The molecule has 0 amide bonds. The van der Waals surface area contributed by atoms with Crippen molar-refractivity contribution < 1.29 is 5.11 Å². The van der Waals surface area contributed by atoms with Crippen molar-refractivity contribution in [3.63, 3.8) is 0 Å². The van der Waals surface area contributed by atoms with Crippen LogP contribution in [0.1, 0.15) is 51.9 Å². The molecule has 86 valence electrons. The normalized spacial score (nSPS) is 13.4. The number of nitrogens with zero attached hydrogens (tertiary/aromatic N) is 3. The number of rotatable bonds is 6. The van der Waals surface area contributed by atoms with Gasteiger partial charge in [-0.1, -0.05) is 13.3 Å². The van der Waals surface area contributed by atoms with Gasteiger partial charge in [-0.05, 0) is 26.7 Å². The molecule has 1 rings (SSSR count). The van der Waals surface area contributed by atoms with Crippen molar-refractivity contribution in [1.82, 2.24) is 14.8 Å². The second-order valence-electron chi connectivity index (χ2n) is 4.20. The lowest BCUT2D eigenvalue weighted by molar-refractivity contribution is 0.152. The van der Waals surface area contributed by atoms with Crippen LogP contribution in [0.2, 0.25) is 0 Å². The van der Waals surface area contributed by atoms with Gasteiger partial charge in [0.2, 0.25) is 0 Å². The molecule has 1 N–H and O–H groups in total. The summed E-state index contributed by atoms with van der Waals surface area (Å²) in [5, 5.41) is 13.8. The van der Waals surface area contributed by atoms with Gasteiger partial charge in [-0.25, -0.2) is 9.67 Å². The first-order chi connectivity index (χ1) is 7.15. The number of aliphatic hydroxyl groups is 1. The lowest BCUT2D eigenvalue weighted by Crippen LogP contribution is -2.12. The molecule has 1 unspecified atom stereocenters. The minimum Gasteiger partial charge on any atom is -0.393 e. The highest BCUT2D eigenvalue weighted by Gasteiger charge is 2.09. The van der Waals surface area contributed by atoms with Gasteiger partial charge in [-0.15, -0.1) is 0 Å². The van der Waals surface area contributed by atoms with Gasteiger partial charge in [0.1, 0.15) is 12.2 Å². The SMILES string of the molecule is CCCC(O)CCc1ncnn1C(C)C. The van der Waals surface area contributed by atoms with Gasteiger partial charge >= 0.3 is 0 Å². The van der Waals surface area contributed by atoms with Crippen molar-refractivity contribution in [3.8, 4) is 0 Å². The molecule has 4 heteroatoms. The topological polar surface area (TPSA) is 50.9 Å². The van der Waals surface area contributed by atoms with Gasteiger partial charge < -0.3 is 5.11 Å². The molecule has 4 nitrogen and oxygen atoms in total. The van der Waals surface area contributed by atoms with Gasteiger partial charge in [0.15, 0.2) is 0 Å². The first-order valence-electron chi connectivity index (χ1n) is 5.71. The van der Waals surface area contributed by atoms with Crippen molar-refractivity contribution in [2.75, 3.05) is 0 Å². The molecule has 0 aromatic carbocycles. The van der Waals surface area contributed by atoms with Crippen molar-refractivity contribution in [1.29, 1.82) is 0 Å². The molecular formula is C11H21N3O. The van der Waals surface area contributed by atoms with Crippen LogP contribution in [0.15, 0.2) is 6.33 Å². The van der Waals surface area contributed by atoms with Gasteiger partial charge in [0, 0.05) is 12.5 Å². The van der Waals surface area contributed by atoms with E-state index in [0.29, 0.717) is 6.04 Å². The fraction of sp³-hybridized carbons (Fsp3) is 0.818. The van der Waals surface area contributed by atoms with Gasteiger partial charge in [0.25, 0.3) is 0 Å². The third-order valence-electron chi connectivity index (χ3n) is 2.46. The quantitative estimate of drug-likeness (QED) is 0.782. The van der Waals surface area contributed by atoms with E-state index in [1.54, 1.807) is 6.33 Å². The van der Waals surface area contributed by atoms with Crippen molar-refractivity contribution in [2.24, 2.45) is 0 Å². The van der Waals surface area contributed by atoms with Crippen molar-refractivity contribution >= 4 is 0 Å². The van der Waals surface area contributed by atoms with E-state index < -0.39 is 0 Å². The molecule has 0 spiro atoms. The van der Waals surface area contributed by atoms with Crippen LogP contribution in [-0.4, -0.2) is 26.0 Å². The van der Waals surface area contributed by atoms with Crippen LogP contribution in [-0.2, 0) is 6.42 Å². The van der Waals surface area contributed by atoms with Gasteiger partial charge in [0.05, 0.1) is 6.10 Å². The summed E-state index contributed by atoms with van der Waals surface area (Å²) in [6.45, 7) is 6.25. The molecule has 0 aliphatic carbocycles. The molecule has 0 bridgehead atoms. The van der Waals surface area contributed by atoms with Crippen LogP contribution < -0.4 is 0 Å². The molecule has 0 fully saturated rings. The summed E-state index contributed by atoms with van der Waals surface area (Å²) in [5.41, 5.74) is 0. The fourth-order valence-electron chi connectivity index (χ4n) is 1.66. The molecule has 1 atom stereocenters. The van der Waals surface area contributed by atoms with E-state index in [1.165, 1.54) is 0 Å². The molecule has 0 saturated carbocycles.